The molecule has 0 N–H and O–H groups in total. The third-order valence-corrected chi connectivity index (χ3v) is 3.83. The number of ketones is 1. The number of rotatable bonds is 4. The quantitative estimate of drug-likeness (QED) is 0.484. The highest BCUT2D eigenvalue weighted by atomic mass is 16.6. The van der Waals surface area contributed by atoms with E-state index in [1.54, 1.807) is 4.90 Å². The first kappa shape index (κ1) is 15.2. The first-order valence-electron chi connectivity index (χ1n) is 7.03. The molecule has 1 unspecified atom stereocenters. The van der Waals surface area contributed by atoms with Crippen molar-refractivity contribution in [3.05, 3.63) is 39.9 Å². The summed E-state index contributed by atoms with van der Waals surface area (Å²) >= 11 is 0. The predicted molar refractivity (Wildman–Crippen MR) is 77.0 cm³/mol. The second-order valence-corrected chi connectivity index (χ2v) is 5.47. The van der Waals surface area contributed by atoms with Crippen LogP contribution in [0, 0.1) is 16.0 Å². The summed E-state index contributed by atoms with van der Waals surface area (Å²) in [6.07, 6.45) is 2.25. The van der Waals surface area contributed by atoms with Crippen LogP contribution in [0.25, 0.3) is 0 Å². The van der Waals surface area contributed by atoms with Gasteiger partial charge < -0.3 is 4.90 Å². The zero-order valence-corrected chi connectivity index (χ0v) is 11.9. The van der Waals surface area contributed by atoms with Gasteiger partial charge in [0.1, 0.15) is 0 Å². The molecule has 1 fully saturated rings. The number of non-ortho nitro benzene ring substituents is 1. The third kappa shape index (κ3) is 3.87. The number of Topliss-reactive ketones (excluding diaryl/α,β-unsaturated/α-hetero) is 1. The summed E-state index contributed by atoms with van der Waals surface area (Å²) in [6, 6.07) is 5.48. The van der Waals surface area contributed by atoms with E-state index in [-0.39, 0.29) is 23.9 Å². The van der Waals surface area contributed by atoms with Crippen molar-refractivity contribution in [2.75, 3.05) is 13.1 Å². The summed E-state index contributed by atoms with van der Waals surface area (Å²) in [5, 5.41) is 10.6. The molecule has 0 aromatic heterocycles. The normalized spacial score (nSPS) is 19.2. The zero-order valence-electron chi connectivity index (χ0n) is 11.9. The van der Waals surface area contributed by atoms with Crippen molar-refractivity contribution in [2.45, 2.75) is 26.2 Å². The number of amides is 1. The van der Waals surface area contributed by atoms with Gasteiger partial charge in [-0.3, -0.25) is 19.7 Å². The Morgan fingerprint density at radius 1 is 1.33 bits per heavy atom. The Hall–Kier alpha value is -2.24. The smallest absolute Gasteiger partial charge is 0.269 e. The van der Waals surface area contributed by atoms with E-state index in [0.717, 1.165) is 12.8 Å². The number of hydrogen-bond donors (Lipinski definition) is 0. The van der Waals surface area contributed by atoms with Crippen molar-refractivity contribution in [1.29, 1.82) is 0 Å². The molecule has 1 aliphatic rings. The summed E-state index contributed by atoms with van der Waals surface area (Å²) in [7, 11) is 0. The van der Waals surface area contributed by atoms with Crippen molar-refractivity contribution in [2.24, 2.45) is 5.92 Å². The number of likely N-dealkylation sites (tertiary alicyclic amines) is 1. The highest BCUT2D eigenvalue weighted by Crippen LogP contribution is 2.18. The van der Waals surface area contributed by atoms with Gasteiger partial charge in [0, 0.05) is 30.7 Å². The summed E-state index contributed by atoms with van der Waals surface area (Å²) in [4.78, 5) is 35.8. The van der Waals surface area contributed by atoms with Crippen molar-refractivity contribution in [1.82, 2.24) is 4.90 Å². The number of nitro benzene ring substituents is 1. The van der Waals surface area contributed by atoms with E-state index in [2.05, 4.69) is 6.92 Å². The number of nitro groups is 1. The largest absolute Gasteiger partial charge is 0.335 e. The molecule has 0 spiro atoms. The minimum atomic E-state index is -0.506. The van der Waals surface area contributed by atoms with E-state index < -0.39 is 4.92 Å². The Labute approximate surface area is 122 Å². The molecule has 1 heterocycles. The molecular formula is C15H18N2O4. The maximum atomic E-state index is 12.2. The maximum Gasteiger partial charge on any atom is 0.269 e. The van der Waals surface area contributed by atoms with Gasteiger partial charge in [-0.05, 0) is 30.9 Å². The summed E-state index contributed by atoms with van der Waals surface area (Å²) in [5.74, 6) is 0.316. The molecule has 6 heteroatoms. The molecular weight excluding hydrogens is 272 g/mol. The second kappa shape index (κ2) is 6.47. The van der Waals surface area contributed by atoms with Crippen molar-refractivity contribution in [3.8, 4) is 0 Å². The van der Waals surface area contributed by atoms with Crippen LogP contribution in [0.4, 0.5) is 5.69 Å². The topological polar surface area (TPSA) is 80.5 Å². The monoisotopic (exact) mass is 290 g/mol. The molecule has 0 aliphatic carbocycles. The molecule has 1 amide bonds. The van der Waals surface area contributed by atoms with E-state index in [4.69, 9.17) is 0 Å². The lowest BCUT2D eigenvalue weighted by molar-refractivity contribution is -0.384. The molecule has 6 nitrogen and oxygen atoms in total. The lowest BCUT2D eigenvalue weighted by atomic mass is 10.0. The van der Waals surface area contributed by atoms with Crippen LogP contribution in [0.1, 0.15) is 36.5 Å². The first-order valence-corrected chi connectivity index (χ1v) is 7.03. The van der Waals surface area contributed by atoms with E-state index in [1.165, 1.54) is 24.3 Å². The minimum Gasteiger partial charge on any atom is -0.335 e. The van der Waals surface area contributed by atoms with Gasteiger partial charge in [0.05, 0.1) is 11.5 Å². The minimum absolute atomic E-state index is 0.00890. The van der Waals surface area contributed by atoms with Crippen LogP contribution in [0.5, 0.6) is 0 Å². The fraction of sp³-hybridized carbons (Fsp3) is 0.467. The maximum absolute atomic E-state index is 12.2. The van der Waals surface area contributed by atoms with Crippen LogP contribution in [0.2, 0.25) is 0 Å². The summed E-state index contributed by atoms with van der Waals surface area (Å²) in [5.41, 5.74) is 0.344. The van der Waals surface area contributed by atoms with Gasteiger partial charge in [0.15, 0.2) is 5.78 Å². The number of hydrogen-bond acceptors (Lipinski definition) is 4. The molecule has 1 aromatic carbocycles. The molecule has 1 atom stereocenters. The van der Waals surface area contributed by atoms with Crippen molar-refractivity contribution in [3.63, 3.8) is 0 Å². The van der Waals surface area contributed by atoms with Gasteiger partial charge >= 0.3 is 0 Å². The average Bonchev–Trinajstić information content (AvgIpc) is 2.63. The van der Waals surface area contributed by atoms with Crippen LogP contribution < -0.4 is 0 Å². The molecule has 1 aromatic rings. The lowest BCUT2D eigenvalue weighted by Gasteiger charge is -2.19. The highest BCUT2D eigenvalue weighted by molar-refractivity contribution is 5.99. The average molecular weight is 290 g/mol. The molecule has 0 saturated carbocycles. The lowest BCUT2D eigenvalue weighted by Crippen LogP contribution is -2.35. The molecule has 0 radical (unpaired) electrons. The number of benzene rings is 1. The zero-order chi connectivity index (χ0) is 15.4. The fourth-order valence-electron chi connectivity index (χ4n) is 2.37. The second-order valence-electron chi connectivity index (χ2n) is 5.47. The van der Waals surface area contributed by atoms with Crippen LogP contribution in [0.3, 0.4) is 0 Å². The standard InChI is InChI=1S/C15H18N2O4/c1-11-2-7-15(19)16(9-8-11)10-14(18)12-3-5-13(6-4-12)17(20)21/h3-6,11H,2,7-10H2,1H3. The van der Waals surface area contributed by atoms with E-state index in [1.807, 2.05) is 0 Å². The Balaban J connectivity index is 2.03. The summed E-state index contributed by atoms with van der Waals surface area (Å²) < 4.78 is 0. The van der Waals surface area contributed by atoms with Gasteiger partial charge in [0.25, 0.3) is 5.69 Å². The number of nitrogens with zero attached hydrogens (tertiary/aromatic N) is 2. The molecule has 2 rings (SSSR count). The SMILES string of the molecule is CC1CCC(=O)N(CC(=O)c2ccc([N+](=O)[O-])cc2)CC1. The fourth-order valence-corrected chi connectivity index (χ4v) is 2.37. The van der Waals surface area contributed by atoms with Gasteiger partial charge in [-0.2, -0.15) is 0 Å². The van der Waals surface area contributed by atoms with Crippen LogP contribution in [-0.2, 0) is 4.79 Å². The van der Waals surface area contributed by atoms with Gasteiger partial charge in [-0.1, -0.05) is 6.92 Å². The Bertz CT molecular complexity index is 553. The Morgan fingerprint density at radius 2 is 2.00 bits per heavy atom. The Kier molecular flexibility index (Phi) is 4.67. The van der Waals surface area contributed by atoms with E-state index in [0.29, 0.717) is 24.4 Å². The first-order chi connectivity index (χ1) is 9.97. The van der Waals surface area contributed by atoms with Gasteiger partial charge in [-0.25, -0.2) is 0 Å². The van der Waals surface area contributed by atoms with Crippen molar-refractivity contribution < 1.29 is 14.5 Å². The van der Waals surface area contributed by atoms with Crippen LogP contribution >= 0.6 is 0 Å². The van der Waals surface area contributed by atoms with Gasteiger partial charge in [0.2, 0.25) is 5.91 Å². The van der Waals surface area contributed by atoms with E-state index >= 15 is 0 Å². The number of carbonyl (C=O) groups excluding carboxylic acids is 2. The molecule has 1 saturated heterocycles. The van der Waals surface area contributed by atoms with E-state index in [9.17, 15) is 19.7 Å². The van der Waals surface area contributed by atoms with Crippen LogP contribution in [0.15, 0.2) is 24.3 Å². The molecule has 1 aliphatic heterocycles. The molecule has 21 heavy (non-hydrogen) atoms. The predicted octanol–water partition coefficient (Wildman–Crippen LogP) is 2.43. The third-order valence-electron chi connectivity index (χ3n) is 3.83. The molecule has 0 bridgehead atoms. The van der Waals surface area contributed by atoms with Crippen molar-refractivity contribution >= 4 is 17.4 Å². The van der Waals surface area contributed by atoms with Gasteiger partial charge in [-0.15, -0.1) is 0 Å². The highest BCUT2D eigenvalue weighted by Gasteiger charge is 2.22. The Morgan fingerprint density at radius 3 is 2.62 bits per heavy atom. The summed E-state index contributed by atoms with van der Waals surface area (Å²) in [6.45, 7) is 2.75. The number of carbonyl (C=O) groups is 2. The molecule has 112 valence electrons. The van der Waals surface area contributed by atoms with Crippen LogP contribution in [-0.4, -0.2) is 34.6 Å².